The molecule has 4 nitrogen and oxygen atoms in total. The highest BCUT2D eigenvalue weighted by atomic mass is 19.3. The number of fused-ring (bicyclic) bond motifs is 3. The van der Waals surface area contributed by atoms with Gasteiger partial charge >= 0.3 is 6.61 Å². The molecule has 4 rings (SSSR count). The lowest BCUT2D eigenvalue weighted by Gasteiger charge is -2.11. The van der Waals surface area contributed by atoms with Crippen LogP contribution in [0, 0.1) is 6.07 Å². The maximum Gasteiger partial charge on any atom is 0.387 e. The molecule has 0 spiro atoms. The predicted molar refractivity (Wildman–Crippen MR) is 108 cm³/mol. The summed E-state index contributed by atoms with van der Waals surface area (Å²) in [4.78, 5) is 12.0. The van der Waals surface area contributed by atoms with Gasteiger partial charge in [0.05, 0.1) is 11.0 Å². The number of alkyl halides is 2. The SMILES string of the molecule is CCc1c[c]c2c3c(C(N)=O)cccc3n(Cc3cccc(OC(F)F)c3)c2c1. The summed E-state index contributed by atoms with van der Waals surface area (Å²) in [7, 11) is 0. The number of hydrogen-bond acceptors (Lipinski definition) is 2. The maximum atomic E-state index is 12.6. The van der Waals surface area contributed by atoms with Crippen molar-refractivity contribution in [2.75, 3.05) is 0 Å². The molecule has 0 aliphatic rings. The van der Waals surface area contributed by atoms with Crippen LogP contribution in [0.1, 0.15) is 28.4 Å². The molecule has 0 bridgehead atoms. The average Bonchev–Trinajstić information content (AvgIpc) is 3.00. The van der Waals surface area contributed by atoms with E-state index in [-0.39, 0.29) is 5.75 Å². The summed E-state index contributed by atoms with van der Waals surface area (Å²) in [6.45, 7) is -0.399. The Hall–Kier alpha value is -3.41. The summed E-state index contributed by atoms with van der Waals surface area (Å²) in [5.41, 5.74) is 9.69. The van der Waals surface area contributed by atoms with Gasteiger partial charge in [0, 0.05) is 22.9 Å². The largest absolute Gasteiger partial charge is 0.435 e. The van der Waals surface area contributed by atoms with Gasteiger partial charge in [-0.25, -0.2) is 0 Å². The highest BCUT2D eigenvalue weighted by molar-refractivity contribution is 6.17. The fourth-order valence-corrected chi connectivity index (χ4v) is 3.68. The molecular weight excluding hydrogens is 374 g/mol. The monoisotopic (exact) mass is 393 g/mol. The summed E-state index contributed by atoms with van der Waals surface area (Å²) >= 11 is 0. The van der Waals surface area contributed by atoms with E-state index in [9.17, 15) is 13.6 Å². The number of aryl methyl sites for hydroxylation is 1. The van der Waals surface area contributed by atoms with Crippen molar-refractivity contribution in [3.05, 3.63) is 77.4 Å². The van der Waals surface area contributed by atoms with E-state index in [2.05, 4.69) is 23.8 Å². The predicted octanol–water partition coefficient (Wildman–Crippen LogP) is 4.91. The maximum absolute atomic E-state index is 12.6. The van der Waals surface area contributed by atoms with Crippen molar-refractivity contribution in [3.8, 4) is 5.75 Å². The van der Waals surface area contributed by atoms with Gasteiger partial charge < -0.3 is 15.0 Å². The number of rotatable bonds is 6. The number of carbonyl (C=O) groups excluding carboxylic acids is 1. The molecule has 0 saturated carbocycles. The average molecular weight is 393 g/mol. The molecule has 0 atom stereocenters. The lowest BCUT2D eigenvalue weighted by atomic mass is 10.0. The molecule has 0 unspecified atom stereocenters. The third kappa shape index (κ3) is 3.53. The normalized spacial score (nSPS) is 11.4. The van der Waals surface area contributed by atoms with Gasteiger partial charge in [-0.05, 0) is 53.9 Å². The van der Waals surface area contributed by atoms with Gasteiger partial charge in [0.15, 0.2) is 0 Å². The Morgan fingerprint density at radius 2 is 1.93 bits per heavy atom. The summed E-state index contributed by atoms with van der Waals surface area (Å²) < 4.78 is 31.7. The van der Waals surface area contributed by atoms with Crippen molar-refractivity contribution in [1.82, 2.24) is 4.57 Å². The van der Waals surface area contributed by atoms with Crippen molar-refractivity contribution in [3.63, 3.8) is 0 Å². The van der Waals surface area contributed by atoms with Crippen LogP contribution in [0.15, 0.2) is 54.6 Å². The van der Waals surface area contributed by atoms with E-state index in [0.29, 0.717) is 12.1 Å². The van der Waals surface area contributed by atoms with Gasteiger partial charge in [-0.15, -0.1) is 0 Å². The summed E-state index contributed by atoms with van der Waals surface area (Å²) in [6.07, 6.45) is 0.842. The summed E-state index contributed by atoms with van der Waals surface area (Å²) in [6, 6.07) is 19.3. The first-order valence-corrected chi connectivity index (χ1v) is 9.27. The lowest BCUT2D eigenvalue weighted by Crippen LogP contribution is -2.11. The zero-order valence-electron chi connectivity index (χ0n) is 15.8. The van der Waals surface area contributed by atoms with Crippen LogP contribution in [-0.4, -0.2) is 17.1 Å². The minimum Gasteiger partial charge on any atom is -0.435 e. The van der Waals surface area contributed by atoms with E-state index < -0.39 is 12.5 Å². The second-order valence-electron chi connectivity index (χ2n) is 6.80. The molecule has 2 N–H and O–H groups in total. The molecule has 3 aromatic carbocycles. The van der Waals surface area contributed by atoms with Crippen LogP contribution >= 0.6 is 0 Å². The second kappa shape index (κ2) is 7.54. The number of primary amides is 1. The fourth-order valence-electron chi connectivity index (χ4n) is 3.68. The van der Waals surface area contributed by atoms with Crippen molar-refractivity contribution in [2.24, 2.45) is 5.73 Å². The van der Waals surface area contributed by atoms with Crippen LogP contribution in [0.2, 0.25) is 0 Å². The molecule has 1 radical (unpaired) electrons. The van der Waals surface area contributed by atoms with Gasteiger partial charge in [-0.2, -0.15) is 8.78 Å². The third-order valence-corrected chi connectivity index (χ3v) is 4.99. The Bertz CT molecular complexity index is 1210. The van der Waals surface area contributed by atoms with Crippen LogP contribution < -0.4 is 10.5 Å². The van der Waals surface area contributed by atoms with Crippen molar-refractivity contribution < 1.29 is 18.3 Å². The van der Waals surface area contributed by atoms with E-state index in [0.717, 1.165) is 39.4 Å². The highest BCUT2D eigenvalue weighted by Crippen LogP contribution is 2.33. The van der Waals surface area contributed by atoms with Crippen LogP contribution in [0.4, 0.5) is 8.78 Å². The highest BCUT2D eigenvalue weighted by Gasteiger charge is 2.17. The molecule has 0 aliphatic heterocycles. The number of amides is 1. The first-order chi connectivity index (χ1) is 14.0. The number of halogens is 2. The summed E-state index contributed by atoms with van der Waals surface area (Å²) in [5, 5.41) is 1.56. The minimum atomic E-state index is -2.88. The van der Waals surface area contributed by atoms with Gasteiger partial charge in [0.2, 0.25) is 5.91 Å². The van der Waals surface area contributed by atoms with Gasteiger partial charge in [0.25, 0.3) is 0 Å². The standard InChI is InChI=1S/C23H19F2N2O2/c1-2-14-9-10-17-20(12-14)27(19-8-4-7-18(21(17)19)22(26)28)13-15-5-3-6-16(11-15)29-23(24)25/h3-9,11-12,23H,2,13H2,1H3,(H2,26,28). The number of carbonyl (C=O) groups is 1. The van der Waals surface area contributed by atoms with Crippen molar-refractivity contribution in [2.45, 2.75) is 26.5 Å². The molecule has 147 valence electrons. The molecular formula is C23H19F2N2O2. The number of hydrogen-bond donors (Lipinski definition) is 1. The van der Waals surface area contributed by atoms with E-state index in [4.69, 9.17) is 5.73 Å². The molecule has 29 heavy (non-hydrogen) atoms. The first kappa shape index (κ1) is 18.9. The fraction of sp³-hybridized carbons (Fsp3) is 0.174. The molecule has 1 aromatic heterocycles. The molecule has 4 aromatic rings. The van der Waals surface area contributed by atoms with Crippen LogP contribution in [-0.2, 0) is 13.0 Å². The Morgan fingerprint density at radius 3 is 2.66 bits per heavy atom. The second-order valence-corrected chi connectivity index (χ2v) is 6.80. The van der Waals surface area contributed by atoms with Gasteiger partial charge in [-0.3, -0.25) is 4.79 Å². The Morgan fingerprint density at radius 1 is 1.14 bits per heavy atom. The Kier molecular flexibility index (Phi) is 4.92. The number of ether oxygens (including phenoxy) is 1. The van der Waals surface area contributed by atoms with Crippen LogP contribution in [0.3, 0.4) is 0 Å². The van der Waals surface area contributed by atoms with Crippen LogP contribution in [0.5, 0.6) is 5.75 Å². The zero-order chi connectivity index (χ0) is 20.5. The molecule has 0 saturated heterocycles. The number of aromatic nitrogens is 1. The third-order valence-electron chi connectivity index (χ3n) is 4.99. The topological polar surface area (TPSA) is 57.2 Å². The van der Waals surface area contributed by atoms with Gasteiger partial charge in [0.1, 0.15) is 5.75 Å². The number of benzene rings is 3. The quantitative estimate of drug-likeness (QED) is 0.506. The van der Waals surface area contributed by atoms with Crippen LogP contribution in [0.25, 0.3) is 21.8 Å². The zero-order valence-corrected chi connectivity index (χ0v) is 15.8. The van der Waals surface area contributed by atoms with E-state index in [1.165, 1.54) is 6.07 Å². The van der Waals surface area contributed by atoms with E-state index in [1.54, 1.807) is 24.3 Å². The molecule has 1 heterocycles. The van der Waals surface area contributed by atoms with Crippen molar-refractivity contribution in [1.29, 1.82) is 0 Å². The smallest absolute Gasteiger partial charge is 0.387 e. The number of nitrogens with zero attached hydrogens (tertiary/aromatic N) is 1. The van der Waals surface area contributed by atoms with Crippen molar-refractivity contribution >= 4 is 27.7 Å². The molecule has 0 aliphatic carbocycles. The van der Waals surface area contributed by atoms with E-state index >= 15 is 0 Å². The molecule has 1 amide bonds. The lowest BCUT2D eigenvalue weighted by molar-refractivity contribution is -0.0498. The molecule has 0 fully saturated rings. The first-order valence-electron chi connectivity index (χ1n) is 9.27. The molecule has 6 heteroatoms. The minimum absolute atomic E-state index is 0.108. The Labute approximate surface area is 166 Å². The Balaban J connectivity index is 1.93. The van der Waals surface area contributed by atoms with E-state index in [1.807, 2.05) is 22.8 Å². The van der Waals surface area contributed by atoms with Gasteiger partial charge in [-0.1, -0.05) is 31.2 Å². The number of nitrogens with two attached hydrogens (primary N) is 1. The summed E-state index contributed by atoms with van der Waals surface area (Å²) in [5.74, 6) is -0.396.